The van der Waals surface area contributed by atoms with Gasteiger partial charge in [0.2, 0.25) is 0 Å². The molecule has 2 N–H and O–H groups in total. The summed E-state index contributed by atoms with van der Waals surface area (Å²) in [7, 11) is 0. The summed E-state index contributed by atoms with van der Waals surface area (Å²) in [5.41, 5.74) is -0.560. The van der Waals surface area contributed by atoms with Crippen LogP contribution in [0.2, 0.25) is 0 Å². The summed E-state index contributed by atoms with van der Waals surface area (Å²) in [4.78, 5) is 11.1. The van der Waals surface area contributed by atoms with Crippen LogP contribution in [0, 0.1) is 0 Å². The largest absolute Gasteiger partial charge is 0.390 e. The first kappa shape index (κ1) is 12.9. The van der Waals surface area contributed by atoms with Crippen molar-refractivity contribution in [2.24, 2.45) is 0 Å². The van der Waals surface area contributed by atoms with Crippen molar-refractivity contribution in [1.29, 1.82) is 0 Å². The third kappa shape index (κ3) is 3.15. The maximum absolute atomic E-state index is 11.1. The van der Waals surface area contributed by atoms with Crippen molar-refractivity contribution in [3.05, 3.63) is 35.9 Å². The highest BCUT2D eigenvalue weighted by Gasteiger charge is 2.34. The molecule has 0 saturated carbocycles. The SMILES string of the molecule is CC(=O)C(C)(O)C(O)CCc1ccccc1. The molecule has 3 heteroatoms. The highest BCUT2D eigenvalue weighted by Crippen LogP contribution is 2.16. The Morgan fingerprint density at radius 2 is 1.94 bits per heavy atom. The summed E-state index contributed by atoms with van der Waals surface area (Å²) in [5.74, 6) is -0.409. The first-order chi connectivity index (χ1) is 7.44. The third-order valence-corrected chi connectivity index (χ3v) is 2.91. The van der Waals surface area contributed by atoms with E-state index in [-0.39, 0.29) is 0 Å². The normalized spacial score (nSPS) is 16.5. The van der Waals surface area contributed by atoms with E-state index in [0.29, 0.717) is 12.8 Å². The fourth-order valence-corrected chi connectivity index (χ4v) is 1.46. The standard InChI is InChI=1S/C13H18O3/c1-10(14)13(2,16)12(15)9-8-11-6-4-3-5-7-11/h3-7,12,15-16H,8-9H2,1-2H3. The Bertz CT molecular complexity index is 343. The van der Waals surface area contributed by atoms with Crippen LogP contribution in [-0.4, -0.2) is 27.7 Å². The van der Waals surface area contributed by atoms with Gasteiger partial charge in [-0.2, -0.15) is 0 Å². The summed E-state index contributed by atoms with van der Waals surface area (Å²) >= 11 is 0. The number of aliphatic hydroxyl groups excluding tert-OH is 1. The molecule has 2 atom stereocenters. The van der Waals surface area contributed by atoms with Crippen molar-refractivity contribution in [1.82, 2.24) is 0 Å². The molecule has 0 bridgehead atoms. The molecule has 1 rings (SSSR count). The topological polar surface area (TPSA) is 57.5 Å². The van der Waals surface area contributed by atoms with Gasteiger partial charge < -0.3 is 10.2 Å². The Morgan fingerprint density at radius 1 is 1.38 bits per heavy atom. The monoisotopic (exact) mass is 222 g/mol. The minimum absolute atomic E-state index is 0.372. The van der Waals surface area contributed by atoms with Crippen LogP contribution in [0.5, 0.6) is 0 Å². The van der Waals surface area contributed by atoms with Gasteiger partial charge in [0.1, 0.15) is 5.60 Å². The second-order valence-electron chi connectivity index (χ2n) is 4.24. The lowest BCUT2D eigenvalue weighted by Gasteiger charge is -2.26. The molecule has 0 aliphatic heterocycles. The summed E-state index contributed by atoms with van der Waals surface area (Å²) < 4.78 is 0. The van der Waals surface area contributed by atoms with E-state index in [1.807, 2.05) is 30.3 Å². The van der Waals surface area contributed by atoms with Crippen LogP contribution in [0.25, 0.3) is 0 Å². The molecule has 0 radical (unpaired) electrons. The van der Waals surface area contributed by atoms with Crippen LogP contribution in [0.4, 0.5) is 0 Å². The van der Waals surface area contributed by atoms with Crippen molar-refractivity contribution >= 4 is 5.78 Å². The Labute approximate surface area is 95.7 Å². The molecule has 0 saturated heterocycles. The summed E-state index contributed by atoms with van der Waals surface area (Å²) in [6.07, 6.45) is -0.00705. The molecule has 0 amide bonds. The number of hydrogen-bond donors (Lipinski definition) is 2. The minimum Gasteiger partial charge on any atom is -0.390 e. The van der Waals surface area contributed by atoms with E-state index in [0.717, 1.165) is 5.56 Å². The van der Waals surface area contributed by atoms with Gasteiger partial charge in [-0.05, 0) is 32.3 Å². The van der Waals surface area contributed by atoms with Crippen molar-refractivity contribution in [3.8, 4) is 0 Å². The van der Waals surface area contributed by atoms with Gasteiger partial charge in [0.15, 0.2) is 5.78 Å². The average Bonchev–Trinajstić information content (AvgIpc) is 2.27. The molecule has 16 heavy (non-hydrogen) atoms. The lowest BCUT2D eigenvalue weighted by Crippen LogP contribution is -2.45. The van der Waals surface area contributed by atoms with E-state index in [4.69, 9.17) is 0 Å². The van der Waals surface area contributed by atoms with Crippen molar-refractivity contribution in [2.45, 2.75) is 38.4 Å². The molecule has 0 fully saturated rings. The molecule has 88 valence electrons. The quantitative estimate of drug-likeness (QED) is 0.790. The van der Waals surface area contributed by atoms with Crippen LogP contribution < -0.4 is 0 Å². The Morgan fingerprint density at radius 3 is 2.44 bits per heavy atom. The van der Waals surface area contributed by atoms with Gasteiger partial charge in [-0.15, -0.1) is 0 Å². The second kappa shape index (κ2) is 5.23. The molecule has 1 aromatic rings. The number of ketones is 1. The Balaban J connectivity index is 2.53. The number of benzene rings is 1. The maximum Gasteiger partial charge on any atom is 0.163 e. The van der Waals surface area contributed by atoms with Crippen LogP contribution >= 0.6 is 0 Å². The molecule has 0 aliphatic carbocycles. The van der Waals surface area contributed by atoms with E-state index in [1.165, 1.54) is 13.8 Å². The van der Waals surface area contributed by atoms with Crippen molar-refractivity contribution in [3.63, 3.8) is 0 Å². The zero-order chi connectivity index (χ0) is 12.2. The molecular formula is C13H18O3. The number of carbonyl (C=O) groups excluding carboxylic acids is 1. The minimum atomic E-state index is -1.64. The van der Waals surface area contributed by atoms with E-state index < -0.39 is 17.5 Å². The van der Waals surface area contributed by atoms with E-state index in [2.05, 4.69) is 0 Å². The number of hydrogen-bond acceptors (Lipinski definition) is 3. The summed E-state index contributed by atoms with van der Waals surface area (Å²) in [5, 5.41) is 19.5. The predicted octanol–water partition coefficient (Wildman–Crippen LogP) is 1.32. The van der Waals surface area contributed by atoms with Gasteiger partial charge in [0.05, 0.1) is 6.10 Å². The summed E-state index contributed by atoms with van der Waals surface area (Å²) in [6, 6.07) is 9.67. The lowest BCUT2D eigenvalue weighted by atomic mass is 9.90. The molecule has 2 unspecified atom stereocenters. The van der Waals surface area contributed by atoms with Crippen LogP contribution in [0.3, 0.4) is 0 Å². The molecule has 0 heterocycles. The first-order valence-corrected chi connectivity index (χ1v) is 5.40. The smallest absolute Gasteiger partial charge is 0.163 e. The highest BCUT2D eigenvalue weighted by molar-refractivity contribution is 5.84. The van der Waals surface area contributed by atoms with Gasteiger partial charge in [-0.25, -0.2) is 0 Å². The Hall–Kier alpha value is -1.19. The number of Topliss-reactive ketones (excluding diaryl/α,β-unsaturated/α-hetero) is 1. The molecule has 0 aromatic heterocycles. The van der Waals surface area contributed by atoms with Crippen LogP contribution in [0.15, 0.2) is 30.3 Å². The van der Waals surface area contributed by atoms with Crippen molar-refractivity contribution < 1.29 is 15.0 Å². The number of aryl methyl sites for hydroxylation is 1. The number of aliphatic hydroxyl groups is 2. The predicted molar refractivity (Wildman–Crippen MR) is 62.1 cm³/mol. The van der Waals surface area contributed by atoms with Crippen LogP contribution in [-0.2, 0) is 11.2 Å². The van der Waals surface area contributed by atoms with E-state index in [1.54, 1.807) is 0 Å². The zero-order valence-electron chi connectivity index (χ0n) is 9.68. The highest BCUT2D eigenvalue weighted by atomic mass is 16.3. The molecule has 3 nitrogen and oxygen atoms in total. The number of rotatable bonds is 5. The van der Waals surface area contributed by atoms with Gasteiger partial charge in [0.25, 0.3) is 0 Å². The van der Waals surface area contributed by atoms with Crippen LogP contribution in [0.1, 0.15) is 25.8 Å². The fraction of sp³-hybridized carbons (Fsp3) is 0.462. The molecule has 0 spiro atoms. The number of carbonyl (C=O) groups is 1. The summed E-state index contributed by atoms with van der Waals surface area (Å²) in [6.45, 7) is 2.64. The lowest BCUT2D eigenvalue weighted by molar-refractivity contribution is -0.145. The second-order valence-corrected chi connectivity index (χ2v) is 4.24. The Kier molecular flexibility index (Phi) is 4.21. The van der Waals surface area contributed by atoms with E-state index in [9.17, 15) is 15.0 Å². The maximum atomic E-state index is 11.1. The first-order valence-electron chi connectivity index (χ1n) is 5.40. The van der Waals surface area contributed by atoms with Gasteiger partial charge in [0, 0.05) is 0 Å². The van der Waals surface area contributed by atoms with Crippen molar-refractivity contribution in [2.75, 3.05) is 0 Å². The fourth-order valence-electron chi connectivity index (χ4n) is 1.46. The average molecular weight is 222 g/mol. The van der Waals surface area contributed by atoms with E-state index >= 15 is 0 Å². The molecule has 0 aliphatic rings. The molecular weight excluding hydrogens is 204 g/mol. The zero-order valence-corrected chi connectivity index (χ0v) is 9.68. The van der Waals surface area contributed by atoms with Gasteiger partial charge in [-0.1, -0.05) is 30.3 Å². The van der Waals surface area contributed by atoms with Gasteiger partial charge >= 0.3 is 0 Å². The van der Waals surface area contributed by atoms with Gasteiger partial charge in [-0.3, -0.25) is 4.79 Å². The third-order valence-electron chi connectivity index (χ3n) is 2.91. The molecule has 1 aromatic carbocycles.